The van der Waals surface area contributed by atoms with Gasteiger partial charge in [0.2, 0.25) is 0 Å². The van der Waals surface area contributed by atoms with Crippen LogP contribution in [0.4, 0.5) is 0 Å². The van der Waals surface area contributed by atoms with E-state index in [9.17, 15) is 4.79 Å². The van der Waals surface area contributed by atoms with Crippen LogP contribution >= 0.6 is 22.6 Å². The second kappa shape index (κ2) is 5.69. The summed E-state index contributed by atoms with van der Waals surface area (Å²) in [6, 6.07) is 16.5. The quantitative estimate of drug-likeness (QED) is 0.532. The molecule has 0 saturated carbocycles. The van der Waals surface area contributed by atoms with Crippen LogP contribution in [0, 0.1) is 6.92 Å². The Morgan fingerprint density at radius 2 is 1.82 bits per heavy atom. The van der Waals surface area contributed by atoms with Crippen LogP contribution in [0.2, 0.25) is 0 Å². The average molecular weight is 405 g/mol. The van der Waals surface area contributed by atoms with Crippen LogP contribution in [-0.2, 0) is 5.41 Å². The summed E-state index contributed by atoms with van der Waals surface area (Å²) in [6.07, 6.45) is 0. The Morgan fingerprint density at radius 1 is 1.14 bits per heavy atom. The van der Waals surface area contributed by atoms with Gasteiger partial charge in [-0.1, -0.05) is 72.0 Å². The number of fused-ring (bicyclic) bond motifs is 1. The lowest BCUT2D eigenvalue weighted by molar-refractivity contribution is 0.0613. The number of carbonyl (C=O) groups is 1. The van der Waals surface area contributed by atoms with Crippen molar-refractivity contribution < 1.29 is 4.79 Å². The zero-order valence-electron chi connectivity index (χ0n) is 13.1. The van der Waals surface area contributed by atoms with Gasteiger partial charge in [-0.2, -0.15) is 0 Å². The van der Waals surface area contributed by atoms with Crippen molar-refractivity contribution in [1.29, 1.82) is 0 Å². The second-order valence-corrected chi connectivity index (χ2v) is 7.04. The Kier molecular flexibility index (Phi) is 4.02. The van der Waals surface area contributed by atoms with Gasteiger partial charge in [0.1, 0.15) is 0 Å². The summed E-state index contributed by atoms with van der Waals surface area (Å²) in [5, 5.41) is 0. The minimum atomic E-state index is -0.0920. The van der Waals surface area contributed by atoms with Gasteiger partial charge in [0.25, 0.3) is 5.91 Å². The van der Waals surface area contributed by atoms with E-state index in [0.717, 1.165) is 9.99 Å². The maximum Gasteiger partial charge on any atom is 0.254 e. The van der Waals surface area contributed by atoms with E-state index in [1.54, 1.807) is 0 Å². The molecule has 0 fully saturated rings. The zero-order valence-corrected chi connectivity index (χ0v) is 15.3. The topological polar surface area (TPSA) is 20.3 Å². The fourth-order valence-electron chi connectivity index (χ4n) is 3.84. The predicted molar refractivity (Wildman–Crippen MR) is 98.7 cm³/mol. The highest BCUT2D eigenvalue weighted by Crippen LogP contribution is 2.48. The number of hydrogen-bond acceptors (Lipinski definition) is 1. The molecular weight excluding hydrogens is 385 g/mol. The highest BCUT2D eigenvalue weighted by Gasteiger charge is 2.47. The molecule has 114 valence electrons. The minimum Gasteiger partial charge on any atom is -0.334 e. The van der Waals surface area contributed by atoms with Crippen molar-refractivity contribution in [2.75, 3.05) is 11.5 Å². The van der Waals surface area contributed by atoms with Crippen LogP contribution in [0.5, 0.6) is 0 Å². The predicted octanol–water partition coefficient (Wildman–Crippen LogP) is 4.51. The molecule has 1 amide bonds. The monoisotopic (exact) mass is 405 g/mol. The number of amides is 1. The van der Waals surface area contributed by atoms with Crippen LogP contribution in [0.25, 0.3) is 0 Å². The van der Waals surface area contributed by atoms with E-state index < -0.39 is 0 Å². The molecule has 3 rings (SSSR count). The summed E-state index contributed by atoms with van der Waals surface area (Å²) in [5.74, 6) is 0.120. The number of likely N-dealkylation sites (N-methyl/N-ethyl adjacent to an activating group) is 1. The van der Waals surface area contributed by atoms with Crippen molar-refractivity contribution in [2.45, 2.75) is 25.3 Å². The van der Waals surface area contributed by atoms with Crippen molar-refractivity contribution in [3.8, 4) is 0 Å². The summed E-state index contributed by atoms with van der Waals surface area (Å²) in [5.41, 5.74) is 4.38. The Balaban J connectivity index is 2.29. The highest BCUT2D eigenvalue weighted by molar-refractivity contribution is 14.1. The maximum absolute atomic E-state index is 12.9. The number of alkyl halides is 1. The first-order chi connectivity index (χ1) is 10.5. The third-order valence-electron chi connectivity index (χ3n) is 4.78. The van der Waals surface area contributed by atoms with Crippen LogP contribution in [0.3, 0.4) is 0 Å². The summed E-state index contributed by atoms with van der Waals surface area (Å²) in [6.45, 7) is 4.40. The second-order valence-electron chi connectivity index (χ2n) is 6.28. The van der Waals surface area contributed by atoms with Crippen LogP contribution in [0.15, 0.2) is 48.5 Å². The van der Waals surface area contributed by atoms with Gasteiger partial charge >= 0.3 is 0 Å². The van der Waals surface area contributed by atoms with Gasteiger partial charge in [-0.3, -0.25) is 4.79 Å². The third kappa shape index (κ3) is 2.18. The van der Waals surface area contributed by atoms with Crippen molar-refractivity contribution in [3.05, 3.63) is 70.8 Å². The van der Waals surface area contributed by atoms with Crippen molar-refractivity contribution in [1.82, 2.24) is 4.90 Å². The first kappa shape index (κ1) is 15.5. The first-order valence-electron chi connectivity index (χ1n) is 7.49. The van der Waals surface area contributed by atoms with E-state index in [1.807, 2.05) is 30.1 Å². The number of halogens is 1. The van der Waals surface area contributed by atoms with E-state index in [4.69, 9.17) is 0 Å². The van der Waals surface area contributed by atoms with E-state index in [-0.39, 0.29) is 17.4 Å². The van der Waals surface area contributed by atoms with E-state index in [0.29, 0.717) is 0 Å². The van der Waals surface area contributed by atoms with Gasteiger partial charge < -0.3 is 4.90 Å². The smallest absolute Gasteiger partial charge is 0.254 e. The summed E-state index contributed by atoms with van der Waals surface area (Å²) >= 11 is 2.46. The largest absolute Gasteiger partial charge is 0.334 e. The number of nitrogens with zero attached hydrogens (tertiary/aromatic N) is 1. The van der Waals surface area contributed by atoms with Gasteiger partial charge in [-0.05, 0) is 29.7 Å². The van der Waals surface area contributed by atoms with Gasteiger partial charge in [0.05, 0.1) is 6.04 Å². The van der Waals surface area contributed by atoms with Gasteiger partial charge in [-0.25, -0.2) is 0 Å². The van der Waals surface area contributed by atoms with Crippen molar-refractivity contribution in [3.63, 3.8) is 0 Å². The molecule has 0 unspecified atom stereocenters. The number of carbonyl (C=O) groups excluding carboxylic acids is 1. The lowest BCUT2D eigenvalue weighted by atomic mass is 9.68. The maximum atomic E-state index is 12.9. The molecule has 1 aliphatic rings. The lowest BCUT2D eigenvalue weighted by Crippen LogP contribution is -2.50. The minimum absolute atomic E-state index is 0.0618. The molecule has 0 saturated heterocycles. The molecular formula is C19H20INO. The molecule has 3 heteroatoms. The van der Waals surface area contributed by atoms with Crippen LogP contribution < -0.4 is 0 Å². The zero-order chi connectivity index (χ0) is 15.9. The fourth-order valence-corrected chi connectivity index (χ4v) is 4.64. The molecule has 1 aliphatic heterocycles. The highest BCUT2D eigenvalue weighted by atomic mass is 127. The molecule has 2 aromatic rings. The first-order valence-corrected chi connectivity index (χ1v) is 9.01. The number of rotatable bonds is 2. The SMILES string of the molecule is Cc1cccc2c1[C@](C)(CI)[C@@H](c1ccccc1)N(C)C2=O. The molecule has 2 atom stereocenters. The van der Waals surface area contributed by atoms with Gasteiger partial charge in [-0.15, -0.1) is 0 Å². The van der Waals surface area contributed by atoms with E-state index in [1.165, 1.54) is 16.7 Å². The molecule has 0 bridgehead atoms. The molecule has 2 aromatic carbocycles. The molecule has 2 nitrogen and oxygen atoms in total. The van der Waals surface area contributed by atoms with E-state index >= 15 is 0 Å². The Morgan fingerprint density at radius 3 is 2.45 bits per heavy atom. The summed E-state index contributed by atoms with van der Waals surface area (Å²) < 4.78 is 0.958. The van der Waals surface area contributed by atoms with E-state index in [2.05, 4.69) is 66.8 Å². The normalized spacial score (nSPS) is 24.3. The number of benzene rings is 2. The van der Waals surface area contributed by atoms with Gasteiger partial charge in [0, 0.05) is 22.5 Å². The van der Waals surface area contributed by atoms with Crippen LogP contribution in [0.1, 0.15) is 40.0 Å². The van der Waals surface area contributed by atoms with Gasteiger partial charge in [0.15, 0.2) is 0 Å². The summed E-state index contributed by atoms with van der Waals surface area (Å²) in [4.78, 5) is 14.8. The van der Waals surface area contributed by atoms with Crippen molar-refractivity contribution >= 4 is 28.5 Å². The Bertz CT molecular complexity index is 713. The molecule has 0 N–H and O–H groups in total. The van der Waals surface area contributed by atoms with Crippen molar-refractivity contribution in [2.24, 2.45) is 0 Å². The molecule has 1 heterocycles. The Hall–Kier alpha value is -1.36. The molecule has 0 aliphatic carbocycles. The van der Waals surface area contributed by atoms with Crippen LogP contribution in [-0.4, -0.2) is 22.3 Å². The third-order valence-corrected chi connectivity index (χ3v) is 6.36. The molecule has 22 heavy (non-hydrogen) atoms. The molecule has 0 radical (unpaired) electrons. The summed E-state index contributed by atoms with van der Waals surface area (Å²) in [7, 11) is 1.93. The number of hydrogen-bond donors (Lipinski definition) is 0. The lowest BCUT2D eigenvalue weighted by Gasteiger charge is -2.48. The fraction of sp³-hybridized carbons (Fsp3) is 0.316. The Labute approximate surface area is 145 Å². The molecule has 0 spiro atoms. The number of aryl methyl sites for hydroxylation is 1. The average Bonchev–Trinajstić information content (AvgIpc) is 2.53. The standard InChI is InChI=1S/C19H20INO/c1-13-8-7-11-15-16(13)19(2,12-20)17(21(3)18(15)22)14-9-5-4-6-10-14/h4-11,17H,12H2,1-3H3/t17-,19+/m1/s1. The molecule has 0 aromatic heterocycles.